The summed E-state index contributed by atoms with van der Waals surface area (Å²) in [6, 6.07) is 12.3. The zero-order chi connectivity index (χ0) is 22.5. The number of benzene rings is 2. The number of carbonyl (C=O) groups excluding carboxylic acids is 2. The van der Waals surface area contributed by atoms with Crippen LogP contribution in [0.5, 0.6) is 0 Å². The Morgan fingerprint density at radius 1 is 1.22 bits per heavy atom. The quantitative estimate of drug-likeness (QED) is 0.424. The second-order valence-electron chi connectivity index (χ2n) is 7.58. The highest BCUT2D eigenvalue weighted by Crippen LogP contribution is 2.29. The second-order valence-corrected chi connectivity index (χ2v) is 7.58. The number of nitrogens with zero attached hydrogens (tertiary/aromatic N) is 1. The van der Waals surface area contributed by atoms with E-state index in [-0.39, 0.29) is 19.0 Å². The predicted octanol–water partition coefficient (Wildman–Crippen LogP) is 1.50. The van der Waals surface area contributed by atoms with E-state index in [1.165, 1.54) is 17.9 Å². The molecule has 0 aromatic heterocycles. The molecule has 2 aliphatic heterocycles. The first-order valence-corrected chi connectivity index (χ1v) is 10.3. The minimum absolute atomic E-state index is 0.200. The lowest BCUT2D eigenvalue weighted by molar-refractivity contribution is -0.119. The lowest BCUT2D eigenvalue weighted by Gasteiger charge is -2.15. The third-order valence-electron chi connectivity index (χ3n) is 5.17. The van der Waals surface area contributed by atoms with Crippen molar-refractivity contribution in [2.24, 2.45) is 0 Å². The molecule has 2 aromatic rings. The summed E-state index contributed by atoms with van der Waals surface area (Å²) < 4.78 is 20.1. The molecule has 0 bridgehead atoms. The SMILES string of the molecule is CC(=O)NC[C@H]1CN(c2ccc(-c3ccc(CNCC4=CNNN4)cc3)c(F)c2)C(=O)O1. The highest BCUT2D eigenvalue weighted by Gasteiger charge is 2.32. The van der Waals surface area contributed by atoms with Crippen LogP contribution in [0.3, 0.4) is 0 Å². The Morgan fingerprint density at radius 3 is 2.72 bits per heavy atom. The van der Waals surface area contributed by atoms with Crippen molar-refractivity contribution in [3.05, 3.63) is 65.7 Å². The number of rotatable bonds is 8. The van der Waals surface area contributed by atoms with Crippen LogP contribution >= 0.6 is 0 Å². The maximum atomic E-state index is 14.9. The zero-order valence-electron chi connectivity index (χ0n) is 17.6. The number of ether oxygens (including phenoxy) is 1. The van der Waals surface area contributed by atoms with Gasteiger partial charge in [0.15, 0.2) is 0 Å². The summed E-state index contributed by atoms with van der Waals surface area (Å²) in [7, 11) is 0. The van der Waals surface area contributed by atoms with E-state index in [0.29, 0.717) is 24.3 Å². The molecule has 0 unspecified atom stereocenters. The van der Waals surface area contributed by atoms with E-state index >= 15 is 0 Å². The standard InChI is InChI=1S/C22H25FN6O3/c1-14(30)25-12-19-13-29(22(31)32-19)18-6-7-20(21(23)8-18)16-4-2-15(3-5-16)9-24-10-17-11-26-28-27-17/h2-8,11,19,24,26-28H,9-10,12-13H2,1H3,(H,25,30)/t19-/m0/s1. The largest absolute Gasteiger partial charge is 0.442 e. The van der Waals surface area contributed by atoms with Gasteiger partial charge in [-0.25, -0.2) is 9.18 Å². The van der Waals surface area contributed by atoms with Crippen LogP contribution in [0.2, 0.25) is 0 Å². The molecule has 2 amide bonds. The van der Waals surface area contributed by atoms with Gasteiger partial charge in [-0.2, -0.15) is 5.53 Å². The number of halogens is 1. The minimum atomic E-state index is -0.556. The molecule has 1 fully saturated rings. The van der Waals surface area contributed by atoms with Gasteiger partial charge >= 0.3 is 6.09 Å². The van der Waals surface area contributed by atoms with Crippen LogP contribution in [0.15, 0.2) is 54.4 Å². The second kappa shape index (κ2) is 9.67. The van der Waals surface area contributed by atoms with Gasteiger partial charge in [0, 0.05) is 31.8 Å². The maximum Gasteiger partial charge on any atom is 0.414 e. The molecule has 2 aromatic carbocycles. The number of amides is 2. The summed E-state index contributed by atoms with van der Waals surface area (Å²) in [5.41, 5.74) is 12.3. The van der Waals surface area contributed by atoms with Gasteiger partial charge in [-0.05, 0) is 29.3 Å². The van der Waals surface area contributed by atoms with E-state index in [0.717, 1.165) is 16.8 Å². The highest BCUT2D eigenvalue weighted by atomic mass is 19.1. The van der Waals surface area contributed by atoms with Crippen molar-refractivity contribution < 1.29 is 18.7 Å². The molecule has 32 heavy (non-hydrogen) atoms. The van der Waals surface area contributed by atoms with Crippen LogP contribution in [0, 0.1) is 5.82 Å². The molecule has 0 aliphatic carbocycles. The number of hydrazine groups is 2. The van der Waals surface area contributed by atoms with Gasteiger partial charge in [0.05, 0.1) is 24.5 Å². The highest BCUT2D eigenvalue weighted by molar-refractivity contribution is 5.90. The molecule has 0 spiro atoms. The molecule has 9 nitrogen and oxygen atoms in total. The van der Waals surface area contributed by atoms with Gasteiger partial charge in [-0.1, -0.05) is 24.3 Å². The van der Waals surface area contributed by atoms with Crippen LogP contribution in [-0.2, 0) is 16.1 Å². The third kappa shape index (κ3) is 5.16. The Balaban J connectivity index is 1.37. The lowest BCUT2D eigenvalue weighted by Crippen LogP contribution is -2.33. The molecule has 1 saturated heterocycles. The van der Waals surface area contributed by atoms with Crippen molar-refractivity contribution in [1.82, 2.24) is 27.0 Å². The van der Waals surface area contributed by atoms with Crippen molar-refractivity contribution >= 4 is 17.7 Å². The molecule has 5 N–H and O–H groups in total. The van der Waals surface area contributed by atoms with E-state index in [4.69, 9.17) is 4.74 Å². The Bertz CT molecular complexity index is 1030. The number of hydrogen-bond donors (Lipinski definition) is 5. The van der Waals surface area contributed by atoms with Crippen molar-refractivity contribution in [2.75, 3.05) is 24.5 Å². The molecule has 0 saturated carbocycles. The van der Waals surface area contributed by atoms with Crippen molar-refractivity contribution in [3.8, 4) is 11.1 Å². The fourth-order valence-corrected chi connectivity index (χ4v) is 3.52. The monoisotopic (exact) mass is 440 g/mol. The summed E-state index contributed by atoms with van der Waals surface area (Å²) in [5, 5.41) is 5.94. The van der Waals surface area contributed by atoms with Gasteiger partial charge in [0.1, 0.15) is 11.9 Å². The summed E-state index contributed by atoms with van der Waals surface area (Å²) in [5.74, 6) is -0.625. The van der Waals surface area contributed by atoms with Crippen LogP contribution in [-0.4, -0.2) is 37.7 Å². The first-order valence-electron chi connectivity index (χ1n) is 10.3. The summed E-state index contributed by atoms with van der Waals surface area (Å²) >= 11 is 0. The average molecular weight is 440 g/mol. The van der Waals surface area contributed by atoms with Crippen molar-refractivity contribution in [3.63, 3.8) is 0 Å². The van der Waals surface area contributed by atoms with E-state index in [2.05, 4.69) is 27.0 Å². The molecule has 4 rings (SSSR count). The maximum absolute atomic E-state index is 14.9. The molecule has 0 radical (unpaired) electrons. The van der Waals surface area contributed by atoms with Gasteiger partial charge < -0.3 is 26.2 Å². The van der Waals surface area contributed by atoms with Crippen LogP contribution in [0.4, 0.5) is 14.9 Å². The van der Waals surface area contributed by atoms with E-state index in [1.54, 1.807) is 12.1 Å². The summed E-state index contributed by atoms with van der Waals surface area (Å²) in [4.78, 5) is 24.6. The fourth-order valence-electron chi connectivity index (χ4n) is 3.52. The average Bonchev–Trinajstić information content (AvgIpc) is 3.42. The molecule has 2 aliphatic rings. The number of nitrogens with one attached hydrogen (secondary N) is 5. The topological polar surface area (TPSA) is 107 Å². The van der Waals surface area contributed by atoms with Crippen LogP contribution in [0.1, 0.15) is 12.5 Å². The first kappa shape index (κ1) is 21.6. The molecule has 10 heteroatoms. The van der Waals surface area contributed by atoms with Gasteiger partial charge in [-0.15, -0.1) is 0 Å². The Kier molecular flexibility index (Phi) is 6.52. The smallest absolute Gasteiger partial charge is 0.414 e. The van der Waals surface area contributed by atoms with E-state index < -0.39 is 18.0 Å². The van der Waals surface area contributed by atoms with Gasteiger partial charge in [0.25, 0.3) is 0 Å². The normalized spacial score (nSPS) is 17.4. The molecular formula is C22H25FN6O3. The lowest BCUT2D eigenvalue weighted by atomic mass is 10.0. The van der Waals surface area contributed by atoms with Crippen LogP contribution < -0.4 is 31.9 Å². The van der Waals surface area contributed by atoms with Gasteiger partial charge in [-0.3, -0.25) is 9.69 Å². The van der Waals surface area contributed by atoms with Crippen molar-refractivity contribution in [2.45, 2.75) is 19.6 Å². The third-order valence-corrected chi connectivity index (χ3v) is 5.17. The molecule has 168 valence electrons. The minimum Gasteiger partial charge on any atom is -0.442 e. The Hall–Kier alpha value is -3.63. The van der Waals surface area contributed by atoms with Crippen LogP contribution in [0.25, 0.3) is 11.1 Å². The van der Waals surface area contributed by atoms with Crippen molar-refractivity contribution in [1.29, 1.82) is 0 Å². The summed E-state index contributed by atoms with van der Waals surface area (Å²) in [6.07, 6.45) is 0.816. The predicted molar refractivity (Wildman–Crippen MR) is 117 cm³/mol. The Morgan fingerprint density at radius 2 is 2.03 bits per heavy atom. The van der Waals surface area contributed by atoms with E-state index in [1.807, 2.05) is 30.5 Å². The fraction of sp³-hybridized carbons (Fsp3) is 0.273. The number of carbonyl (C=O) groups is 2. The number of hydrogen-bond acceptors (Lipinski definition) is 7. The summed E-state index contributed by atoms with van der Waals surface area (Å²) in [6.45, 7) is 3.23. The molecular weight excluding hydrogens is 415 g/mol. The zero-order valence-corrected chi connectivity index (χ0v) is 17.6. The molecule has 1 atom stereocenters. The van der Waals surface area contributed by atoms with Gasteiger partial charge in [0.2, 0.25) is 5.91 Å². The first-order chi connectivity index (χ1) is 15.5. The number of cyclic esters (lactones) is 1. The van der Waals surface area contributed by atoms with E-state index in [9.17, 15) is 14.0 Å². The number of anilines is 1. The Labute approximate surface area is 184 Å². The molecule has 2 heterocycles.